The normalized spacial score (nSPS) is 23.4. The van der Waals surface area contributed by atoms with Crippen molar-refractivity contribution in [2.45, 2.75) is 18.2 Å². The summed E-state index contributed by atoms with van der Waals surface area (Å²) in [5.74, 6) is 0.984. The standard InChI is InChI=1S/C20H19N5O2S/c1-2-4-16-14(3-1)23-12-25(16)13-9-26-17-7-24(8-18(17)27-10-13)20-19-15(5-6-28-19)21-11-22-20/h1-6,11-13,17-18H,7-10H2/t17-,18-/m0/s1. The van der Waals surface area contributed by atoms with Crippen LogP contribution in [0.4, 0.5) is 5.82 Å². The lowest BCUT2D eigenvalue weighted by atomic mass is 10.2. The van der Waals surface area contributed by atoms with Crippen molar-refractivity contribution < 1.29 is 9.47 Å². The van der Waals surface area contributed by atoms with Gasteiger partial charge in [0.2, 0.25) is 0 Å². The Morgan fingerprint density at radius 3 is 2.61 bits per heavy atom. The van der Waals surface area contributed by atoms with Gasteiger partial charge in [-0.3, -0.25) is 0 Å². The first kappa shape index (κ1) is 16.4. The monoisotopic (exact) mass is 393 g/mol. The molecule has 8 heteroatoms. The highest BCUT2D eigenvalue weighted by atomic mass is 32.1. The lowest BCUT2D eigenvalue weighted by molar-refractivity contribution is -0.00461. The molecular formula is C20H19N5O2S. The maximum absolute atomic E-state index is 6.30. The molecule has 4 aromatic rings. The van der Waals surface area contributed by atoms with Crippen LogP contribution in [0.3, 0.4) is 0 Å². The summed E-state index contributed by atoms with van der Waals surface area (Å²) in [6.45, 7) is 2.80. The van der Waals surface area contributed by atoms with Gasteiger partial charge < -0.3 is 18.9 Å². The average Bonchev–Trinajstić information content (AvgIpc) is 3.44. The van der Waals surface area contributed by atoms with E-state index in [-0.39, 0.29) is 18.2 Å². The van der Waals surface area contributed by atoms with Crippen molar-refractivity contribution in [2.75, 3.05) is 31.2 Å². The van der Waals surface area contributed by atoms with Crippen LogP contribution in [0.25, 0.3) is 21.3 Å². The van der Waals surface area contributed by atoms with Gasteiger partial charge in [0.15, 0.2) is 0 Å². The van der Waals surface area contributed by atoms with Gasteiger partial charge in [-0.25, -0.2) is 15.0 Å². The molecule has 142 valence electrons. The molecule has 5 heterocycles. The zero-order valence-corrected chi connectivity index (χ0v) is 16.0. The number of fused-ring (bicyclic) bond motifs is 3. The highest BCUT2D eigenvalue weighted by molar-refractivity contribution is 7.17. The third-order valence-corrected chi connectivity index (χ3v) is 6.52. The summed E-state index contributed by atoms with van der Waals surface area (Å²) in [6, 6.07) is 10.3. The Morgan fingerprint density at radius 2 is 1.75 bits per heavy atom. The number of hydrogen-bond donors (Lipinski definition) is 0. The van der Waals surface area contributed by atoms with E-state index in [1.807, 2.05) is 30.6 Å². The molecule has 0 bridgehead atoms. The highest BCUT2D eigenvalue weighted by Gasteiger charge is 2.39. The van der Waals surface area contributed by atoms with Crippen LogP contribution in [0.15, 0.2) is 48.4 Å². The van der Waals surface area contributed by atoms with Gasteiger partial charge in [-0.05, 0) is 23.6 Å². The molecule has 2 fully saturated rings. The van der Waals surface area contributed by atoms with Crippen molar-refractivity contribution in [2.24, 2.45) is 0 Å². The second kappa shape index (κ2) is 6.51. The first-order valence-electron chi connectivity index (χ1n) is 9.45. The average molecular weight is 393 g/mol. The summed E-state index contributed by atoms with van der Waals surface area (Å²) in [4.78, 5) is 15.6. The lowest BCUT2D eigenvalue weighted by Crippen LogP contribution is -2.27. The number of anilines is 1. The Bertz CT molecular complexity index is 1130. The van der Waals surface area contributed by atoms with Crippen LogP contribution in [-0.4, -0.2) is 58.0 Å². The van der Waals surface area contributed by atoms with Gasteiger partial charge >= 0.3 is 0 Å². The van der Waals surface area contributed by atoms with Gasteiger partial charge in [0.05, 0.1) is 46.8 Å². The van der Waals surface area contributed by atoms with E-state index < -0.39 is 0 Å². The molecule has 2 atom stereocenters. The molecule has 2 aliphatic heterocycles. The van der Waals surface area contributed by atoms with Gasteiger partial charge in [-0.2, -0.15) is 0 Å². The molecule has 1 aromatic carbocycles. The first-order valence-corrected chi connectivity index (χ1v) is 10.3. The van der Waals surface area contributed by atoms with E-state index in [9.17, 15) is 0 Å². The van der Waals surface area contributed by atoms with Crippen LogP contribution in [-0.2, 0) is 9.47 Å². The fourth-order valence-electron chi connectivity index (χ4n) is 4.19. The lowest BCUT2D eigenvalue weighted by Gasteiger charge is -2.20. The van der Waals surface area contributed by atoms with Crippen molar-refractivity contribution in [1.82, 2.24) is 19.5 Å². The minimum absolute atomic E-state index is 0.0461. The number of imidazole rings is 1. The molecule has 0 radical (unpaired) electrons. The molecule has 7 nitrogen and oxygen atoms in total. The third kappa shape index (κ3) is 2.60. The van der Waals surface area contributed by atoms with Gasteiger partial charge in [0.25, 0.3) is 0 Å². The maximum Gasteiger partial charge on any atom is 0.150 e. The SMILES string of the molecule is c1ccc2c(c1)ncn2C1CO[C@H]2CN(c3ncnc4ccsc34)C[C@@H]2OC1. The van der Waals surface area contributed by atoms with Crippen LogP contribution < -0.4 is 4.90 Å². The summed E-state index contributed by atoms with van der Waals surface area (Å²) < 4.78 is 15.9. The predicted molar refractivity (Wildman–Crippen MR) is 108 cm³/mol. The van der Waals surface area contributed by atoms with Crippen LogP contribution in [0.2, 0.25) is 0 Å². The van der Waals surface area contributed by atoms with E-state index in [0.717, 1.165) is 40.2 Å². The molecule has 2 saturated heterocycles. The molecule has 0 amide bonds. The minimum atomic E-state index is 0.0461. The molecule has 0 saturated carbocycles. The smallest absolute Gasteiger partial charge is 0.150 e. The van der Waals surface area contributed by atoms with E-state index in [1.165, 1.54) is 0 Å². The zero-order valence-electron chi connectivity index (χ0n) is 15.1. The fourth-order valence-corrected chi connectivity index (χ4v) is 5.05. The van der Waals surface area contributed by atoms with Crippen molar-refractivity contribution in [3.05, 3.63) is 48.4 Å². The van der Waals surface area contributed by atoms with Crippen LogP contribution in [0, 0.1) is 0 Å². The second-order valence-corrected chi connectivity index (χ2v) is 8.19. The van der Waals surface area contributed by atoms with Crippen molar-refractivity contribution in [1.29, 1.82) is 0 Å². The van der Waals surface area contributed by atoms with Crippen LogP contribution in [0.5, 0.6) is 0 Å². The summed E-state index contributed by atoms with van der Waals surface area (Å²) in [6.07, 6.45) is 3.62. The molecule has 3 aromatic heterocycles. The van der Waals surface area contributed by atoms with E-state index in [4.69, 9.17) is 9.47 Å². The highest BCUT2D eigenvalue weighted by Crippen LogP contribution is 2.33. The summed E-state index contributed by atoms with van der Waals surface area (Å²) >= 11 is 1.68. The largest absolute Gasteiger partial charge is 0.371 e. The first-order chi connectivity index (χ1) is 13.9. The number of hydrogen-bond acceptors (Lipinski definition) is 7. The zero-order chi connectivity index (χ0) is 18.5. The number of ether oxygens (including phenoxy) is 2. The summed E-state index contributed by atoms with van der Waals surface area (Å²) in [5, 5.41) is 2.06. The molecule has 0 unspecified atom stereocenters. The van der Waals surface area contributed by atoms with Crippen molar-refractivity contribution in [3.8, 4) is 0 Å². The topological polar surface area (TPSA) is 65.3 Å². The molecule has 2 aliphatic rings. The number of thiophene rings is 1. The van der Waals surface area contributed by atoms with Crippen LogP contribution in [0.1, 0.15) is 6.04 Å². The predicted octanol–water partition coefficient (Wildman–Crippen LogP) is 2.89. The van der Waals surface area contributed by atoms with Crippen molar-refractivity contribution >= 4 is 38.4 Å². The van der Waals surface area contributed by atoms with Gasteiger partial charge in [0.1, 0.15) is 24.4 Å². The number of nitrogens with zero attached hydrogens (tertiary/aromatic N) is 5. The second-order valence-electron chi connectivity index (χ2n) is 7.28. The van der Waals surface area contributed by atoms with Gasteiger partial charge in [0, 0.05) is 13.1 Å². The van der Waals surface area contributed by atoms with Crippen molar-refractivity contribution in [3.63, 3.8) is 0 Å². The quantitative estimate of drug-likeness (QED) is 0.522. The Kier molecular flexibility index (Phi) is 3.81. The Balaban J connectivity index is 1.22. The number of para-hydroxylation sites is 2. The number of rotatable bonds is 2. The minimum Gasteiger partial charge on any atom is -0.371 e. The molecular weight excluding hydrogens is 374 g/mol. The Labute approximate surface area is 165 Å². The van der Waals surface area contributed by atoms with Crippen LogP contribution >= 0.6 is 11.3 Å². The van der Waals surface area contributed by atoms with Gasteiger partial charge in [-0.1, -0.05) is 12.1 Å². The summed E-state index contributed by atoms with van der Waals surface area (Å²) in [5.41, 5.74) is 3.12. The number of benzene rings is 1. The van der Waals surface area contributed by atoms with E-state index in [0.29, 0.717) is 13.2 Å². The maximum atomic E-state index is 6.30. The molecule has 0 spiro atoms. The third-order valence-electron chi connectivity index (χ3n) is 5.62. The van der Waals surface area contributed by atoms with E-state index >= 15 is 0 Å². The fraction of sp³-hybridized carbons (Fsp3) is 0.350. The Hall–Kier alpha value is -2.55. The molecule has 0 N–H and O–H groups in total. The van der Waals surface area contributed by atoms with E-state index in [2.05, 4.69) is 35.9 Å². The molecule has 6 rings (SSSR count). The Morgan fingerprint density at radius 1 is 0.929 bits per heavy atom. The van der Waals surface area contributed by atoms with Gasteiger partial charge in [-0.15, -0.1) is 11.3 Å². The molecule has 0 aliphatic carbocycles. The molecule has 28 heavy (non-hydrogen) atoms. The summed E-state index contributed by atoms with van der Waals surface area (Å²) in [7, 11) is 0. The van der Waals surface area contributed by atoms with E-state index in [1.54, 1.807) is 17.7 Å². The number of aromatic nitrogens is 4.